The number of hydrogen-bond acceptors (Lipinski definition) is 1. The molecule has 1 aliphatic heterocycles. The molecule has 19 heavy (non-hydrogen) atoms. The van der Waals surface area contributed by atoms with Crippen molar-refractivity contribution in [3.63, 3.8) is 0 Å². The molecular weight excluding hydrogens is 278 g/mol. The molecule has 1 atom stereocenters. The van der Waals surface area contributed by atoms with Gasteiger partial charge in [0.05, 0.1) is 26.7 Å². The predicted octanol–water partition coefficient (Wildman–Crippen LogP) is 1.57. The smallest absolute Gasteiger partial charge is 0.173 e. The van der Waals surface area contributed by atoms with Crippen molar-refractivity contribution in [1.82, 2.24) is 4.90 Å². The van der Waals surface area contributed by atoms with Crippen LogP contribution < -0.4 is 10.2 Å². The fourth-order valence-corrected chi connectivity index (χ4v) is 2.74. The summed E-state index contributed by atoms with van der Waals surface area (Å²) in [6.07, 6.45) is 1.18. The Balaban J connectivity index is 2.02. The number of nitrogens with zero attached hydrogens (tertiary/aromatic N) is 1. The number of thiocarbonyl (C=S) groups is 1. The van der Waals surface area contributed by atoms with Crippen LogP contribution in [0.1, 0.15) is 12.0 Å². The molecule has 104 valence electrons. The van der Waals surface area contributed by atoms with Gasteiger partial charge in [0.1, 0.15) is 0 Å². The molecule has 0 saturated carbocycles. The molecule has 2 rings (SSSR count). The number of nitrogens with one attached hydrogen (secondary N) is 2. The number of hydrogen-bond donors (Lipinski definition) is 2. The Morgan fingerprint density at radius 2 is 2.16 bits per heavy atom. The summed E-state index contributed by atoms with van der Waals surface area (Å²) in [5, 5.41) is 4.90. The molecule has 2 N–H and O–H groups in total. The number of benzene rings is 1. The first-order valence-electron chi connectivity index (χ1n) is 6.70. The first kappa shape index (κ1) is 14.6. The molecule has 0 spiro atoms. The molecule has 1 aliphatic rings. The van der Waals surface area contributed by atoms with Gasteiger partial charge < -0.3 is 15.1 Å². The van der Waals surface area contributed by atoms with Crippen molar-refractivity contribution in [3.8, 4) is 0 Å². The highest BCUT2D eigenvalue weighted by Crippen LogP contribution is 2.23. The van der Waals surface area contributed by atoms with Crippen molar-refractivity contribution < 1.29 is 4.90 Å². The molecule has 5 heteroatoms. The van der Waals surface area contributed by atoms with E-state index in [-0.39, 0.29) is 0 Å². The van der Waals surface area contributed by atoms with E-state index < -0.39 is 0 Å². The third-order valence-corrected chi connectivity index (χ3v) is 4.41. The molecule has 0 radical (unpaired) electrons. The van der Waals surface area contributed by atoms with E-state index in [9.17, 15) is 0 Å². The van der Waals surface area contributed by atoms with Gasteiger partial charge in [0, 0.05) is 23.7 Å². The summed E-state index contributed by atoms with van der Waals surface area (Å²) >= 11 is 11.6. The van der Waals surface area contributed by atoms with E-state index in [0.29, 0.717) is 0 Å². The van der Waals surface area contributed by atoms with Crippen molar-refractivity contribution in [3.05, 3.63) is 28.8 Å². The zero-order chi connectivity index (χ0) is 13.8. The normalized spacial score (nSPS) is 19.9. The Bertz CT molecular complexity index is 464. The lowest BCUT2D eigenvalue weighted by molar-refractivity contribution is -0.877. The van der Waals surface area contributed by atoms with Crippen LogP contribution in [-0.4, -0.2) is 43.2 Å². The van der Waals surface area contributed by atoms with E-state index in [2.05, 4.69) is 17.3 Å². The largest absolute Gasteiger partial charge is 0.343 e. The molecule has 0 aromatic heterocycles. The third kappa shape index (κ3) is 3.81. The quantitative estimate of drug-likeness (QED) is 0.768. The maximum Gasteiger partial charge on any atom is 0.173 e. The van der Waals surface area contributed by atoms with Gasteiger partial charge in [-0.25, -0.2) is 0 Å². The second-order valence-corrected chi connectivity index (χ2v) is 5.93. The van der Waals surface area contributed by atoms with Crippen molar-refractivity contribution in [2.75, 3.05) is 38.5 Å². The number of rotatable bonds is 1. The maximum absolute atomic E-state index is 6.13. The molecule has 1 aromatic rings. The Morgan fingerprint density at radius 1 is 1.37 bits per heavy atom. The number of anilines is 1. The second-order valence-electron chi connectivity index (χ2n) is 5.14. The Hall–Kier alpha value is -0.840. The van der Waals surface area contributed by atoms with Crippen LogP contribution in [0.25, 0.3) is 0 Å². The van der Waals surface area contributed by atoms with Crippen LogP contribution in [0.3, 0.4) is 0 Å². The summed E-state index contributed by atoms with van der Waals surface area (Å²) in [6.45, 7) is 6.40. The van der Waals surface area contributed by atoms with Gasteiger partial charge in [-0.05, 0) is 36.8 Å². The van der Waals surface area contributed by atoms with Crippen molar-refractivity contribution in [1.29, 1.82) is 0 Å². The molecule has 0 aliphatic carbocycles. The van der Waals surface area contributed by atoms with Gasteiger partial charge in [-0.1, -0.05) is 17.7 Å². The zero-order valence-electron chi connectivity index (χ0n) is 11.5. The van der Waals surface area contributed by atoms with Crippen LogP contribution in [-0.2, 0) is 0 Å². The first-order valence-corrected chi connectivity index (χ1v) is 7.49. The van der Waals surface area contributed by atoms with E-state index in [1.165, 1.54) is 13.0 Å². The molecular formula is C14H21ClN3S+. The standard InChI is InChI=1S/C14H20ClN3S/c1-11-12(15)5-3-6-13(11)16-14(19)18-8-4-7-17(2)9-10-18/h3,5-6H,4,7-10H2,1-2H3,(H,16,19)/p+1. The average molecular weight is 299 g/mol. The van der Waals surface area contributed by atoms with Crippen molar-refractivity contribution in [2.45, 2.75) is 13.3 Å². The minimum atomic E-state index is 0.771. The van der Waals surface area contributed by atoms with Crippen LogP contribution in [0.15, 0.2) is 18.2 Å². The predicted molar refractivity (Wildman–Crippen MR) is 85.2 cm³/mol. The lowest BCUT2D eigenvalue weighted by atomic mass is 10.2. The summed E-state index contributed by atoms with van der Waals surface area (Å²) in [5.74, 6) is 0. The van der Waals surface area contributed by atoms with Gasteiger partial charge >= 0.3 is 0 Å². The van der Waals surface area contributed by atoms with E-state index in [1.807, 2.05) is 25.1 Å². The van der Waals surface area contributed by atoms with E-state index in [4.69, 9.17) is 23.8 Å². The Labute approximate surface area is 125 Å². The van der Waals surface area contributed by atoms with Crippen LogP contribution in [0, 0.1) is 6.92 Å². The van der Waals surface area contributed by atoms with Gasteiger partial charge in [-0.15, -0.1) is 0 Å². The SMILES string of the molecule is Cc1c(Cl)cccc1NC(=S)N1CCC[NH+](C)CC1. The van der Waals surface area contributed by atoms with Gasteiger partial charge in [0.2, 0.25) is 0 Å². The average Bonchev–Trinajstić information content (AvgIpc) is 2.60. The number of likely N-dealkylation sites (N-methyl/N-ethyl adjacent to an activating group) is 1. The van der Waals surface area contributed by atoms with Gasteiger partial charge in [0.15, 0.2) is 5.11 Å². The van der Waals surface area contributed by atoms with Crippen LogP contribution in [0.4, 0.5) is 5.69 Å². The summed E-state index contributed by atoms with van der Waals surface area (Å²) in [7, 11) is 2.24. The molecule has 1 saturated heterocycles. The maximum atomic E-state index is 6.13. The molecule has 1 aromatic carbocycles. The number of quaternary nitrogens is 1. The minimum Gasteiger partial charge on any atom is -0.343 e. The molecule has 3 nitrogen and oxygen atoms in total. The van der Waals surface area contributed by atoms with Crippen molar-refractivity contribution >= 4 is 34.6 Å². The highest BCUT2D eigenvalue weighted by molar-refractivity contribution is 7.80. The lowest BCUT2D eigenvalue weighted by Crippen LogP contribution is -3.09. The fraction of sp³-hybridized carbons (Fsp3) is 0.500. The molecule has 0 amide bonds. The van der Waals surface area contributed by atoms with Gasteiger partial charge in [-0.3, -0.25) is 0 Å². The zero-order valence-corrected chi connectivity index (χ0v) is 13.1. The van der Waals surface area contributed by atoms with Crippen LogP contribution >= 0.6 is 23.8 Å². The fourth-order valence-electron chi connectivity index (χ4n) is 2.27. The first-order chi connectivity index (χ1) is 9.08. The van der Waals surface area contributed by atoms with Gasteiger partial charge in [0.25, 0.3) is 0 Å². The second kappa shape index (κ2) is 6.55. The van der Waals surface area contributed by atoms with Crippen LogP contribution in [0.5, 0.6) is 0 Å². The molecule has 1 fully saturated rings. The van der Waals surface area contributed by atoms with E-state index in [1.54, 1.807) is 4.90 Å². The lowest BCUT2D eigenvalue weighted by Gasteiger charge is -2.23. The number of halogens is 1. The Morgan fingerprint density at radius 3 is 2.95 bits per heavy atom. The highest BCUT2D eigenvalue weighted by Gasteiger charge is 2.17. The molecule has 1 unspecified atom stereocenters. The summed E-state index contributed by atoms with van der Waals surface area (Å²) in [4.78, 5) is 3.83. The van der Waals surface area contributed by atoms with E-state index >= 15 is 0 Å². The molecule has 1 heterocycles. The highest BCUT2D eigenvalue weighted by atomic mass is 35.5. The molecule has 0 bridgehead atoms. The minimum absolute atomic E-state index is 0.771. The monoisotopic (exact) mass is 298 g/mol. The van der Waals surface area contributed by atoms with Crippen LogP contribution in [0.2, 0.25) is 5.02 Å². The topological polar surface area (TPSA) is 19.7 Å². The summed E-state index contributed by atoms with van der Waals surface area (Å²) < 4.78 is 0. The Kier molecular flexibility index (Phi) is 5.02. The van der Waals surface area contributed by atoms with Gasteiger partial charge in [-0.2, -0.15) is 0 Å². The summed E-state index contributed by atoms with van der Waals surface area (Å²) in [6, 6.07) is 5.86. The third-order valence-electron chi connectivity index (χ3n) is 3.64. The summed E-state index contributed by atoms with van der Waals surface area (Å²) in [5.41, 5.74) is 2.05. The van der Waals surface area contributed by atoms with E-state index in [0.717, 1.165) is 41.0 Å². The van der Waals surface area contributed by atoms with Crippen molar-refractivity contribution in [2.24, 2.45) is 0 Å².